The van der Waals surface area contributed by atoms with Crippen molar-refractivity contribution in [1.82, 2.24) is 23.5 Å². The SMILES string of the molecule is C/C=C\c1c(C)c2ccc3c4ccccc4n(-c4ccc5c(c4)c4nc6ccccc6cc4c4nc6ccccc6n54)c3c2n1-c1ccccc1.CC. The van der Waals surface area contributed by atoms with Crippen molar-refractivity contribution in [3.8, 4) is 11.4 Å². The van der Waals surface area contributed by atoms with Crippen molar-refractivity contribution in [3.63, 3.8) is 0 Å². The van der Waals surface area contributed by atoms with Gasteiger partial charge in [-0.1, -0.05) is 98.8 Å². The van der Waals surface area contributed by atoms with Gasteiger partial charge in [-0.25, -0.2) is 9.97 Å². The third kappa shape index (κ3) is 4.37. The Labute approximate surface area is 306 Å². The van der Waals surface area contributed by atoms with Gasteiger partial charge in [0, 0.05) is 49.4 Å². The molecule has 0 aliphatic carbocycles. The molecule has 0 saturated carbocycles. The van der Waals surface area contributed by atoms with Crippen molar-refractivity contribution < 1.29 is 0 Å². The zero-order chi connectivity index (χ0) is 35.8. The number of pyridine rings is 2. The molecule has 0 atom stereocenters. The smallest absolute Gasteiger partial charge is 0.147 e. The summed E-state index contributed by atoms with van der Waals surface area (Å²) >= 11 is 0. The summed E-state index contributed by atoms with van der Waals surface area (Å²) in [7, 11) is 0. The summed E-state index contributed by atoms with van der Waals surface area (Å²) in [6.45, 7) is 8.34. The molecule has 6 aromatic carbocycles. The van der Waals surface area contributed by atoms with Gasteiger partial charge in [0.2, 0.25) is 0 Å². The Kier molecular flexibility index (Phi) is 6.99. The Morgan fingerprint density at radius 3 is 2.04 bits per heavy atom. The molecule has 5 heterocycles. The zero-order valence-electron chi connectivity index (χ0n) is 30.2. The number of para-hydroxylation sites is 5. The molecular weight excluding hydrogens is 647 g/mol. The van der Waals surface area contributed by atoms with E-state index < -0.39 is 0 Å². The normalized spacial score (nSPS) is 12.1. The molecule has 0 unspecified atom stereocenters. The van der Waals surface area contributed by atoms with Gasteiger partial charge in [-0.15, -0.1) is 0 Å². The maximum atomic E-state index is 5.34. The molecule has 0 aliphatic heterocycles. The standard InChI is InChI=1S/C46H31N5.C2H6/c1-3-13-39-28(2)32-23-24-34-33-17-8-11-20-40(33)50(45(34)44(32)49(39)30-15-5-4-6-16-30)31-22-25-41-35(27-31)43-36(26-29-14-7-9-18-37(29)47-43)46-48-38-19-10-12-21-42(38)51(41)46;1-2/h3-27H,1-2H3;1-2H3/b13-3-;. The first-order chi connectivity index (χ1) is 26.2. The summed E-state index contributed by atoms with van der Waals surface area (Å²) in [5.74, 6) is 0. The van der Waals surface area contributed by atoms with E-state index in [1.54, 1.807) is 0 Å². The maximum absolute atomic E-state index is 5.34. The molecule has 254 valence electrons. The monoisotopic (exact) mass is 683 g/mol. The van der Waals surface area contributed by atoms with Crippen molar-refractivity contribution in [1.29, 1.82) is 0 Å². The molecule has 0 saturated heterocycles. The molecular formula is C48H37N5. The summed E-state index contributed by atoms with van der Waals surface area (Å²) in [5, 5.41) is 6.94. The summed E-state index contributed by atoms with van der Waals surface area (Å²) in [6.07, 6.45) is 4.37. The molecule has 0 radical (unpaired) electrons. The van der Waals surface area contributed by atoms with E-state index in [1.165, 1.54) is 44.0 Å². The third-order valence-electron chi connectivity index (χ3n) is 10.7. The third-order valence-corrected chi connectivity index (χ3v) is 10.7. The molecule has 5 heteroatoms. The fraction of sp³-hybridized carbons (Fsp3) is 0.0833. The predicted molar refractivity (Wildman–Crippen MR) is 225 cm³/mol. The van der Waals surface area contributed by atoms with Crippen LogP contribution in [0.25, 0.3) is 99.5 Å². The van der Waals surface area contributed by atoms with Crippen molar-refractivity contribution in [2.24, 2.45) is 0 Å². The minimum atomic E-state index is 0.927. The highest BCUT2D eigenvalue weighted by atomic mass is 15.1. The number of rotatable bonds is 3. The van der Waals surface area contributed by atoms with Crippen molar-refractivity contribution in [2.45, 2.75) is 27.7 Å². The molecule has 5 nitrogen and oxygen atoms in total. The van der Waals surface area contributed by atoms with Gasteiger partial charge in [0.05, 0.1) is 44.1 Å². The van der Waals surface area contributed by atoms with E-state index in [0.29, 0.717) is 0 Å². The fourth-order valence-electron chi connectivity index (χ4n) is 8.46. The Balaban J connectivity index is 0.00000172. The van der Waals surface area contributed by atoms with Crippen LogP contribution in [0.1, 0.15) is 32.0 Å². The molecule has 0 spiro atoms. The average molecular weight is 684 g/mol. The summed E-state index contributed by atoms with van der Waals surface area (Å²) < 4.78 is 7.21. The van der Waals surface area contributed by atoms with Crippen molar-refractivity contribution in [2.75, 3.05) is 0 Å². The van der Waals surface area contributed by atoms with Crippen LogP contribution >= 0.6 is 0 Å². The van der Waals surface area contributed by atoms with Crippen molar-refractivity contribution >= 4 is 88.2 Å². The van der Waals surface area contributed by atoms with Crippen LogP contribution in [0, 0.1) is 6.92 Å². The molecule has 0 bridgehead atoms. The molecule has 11 rings (SSSR count). The molecule has 0 amide bonds. The summed E-state index contributed by atoms with van der Waals surface area (Å²) in [4.78, 5) is 10.5. The largest absolute Gasteiger partial charge is 0.308 e. The second-order valence-corrected chi connectivity index (χ2v) is 13.4. The van der Waals surface area contributed by atoms with E-state index >= 15 is 0 Å². The number of benzene rings is 6. The molecule has 0 aliphatic rings. The second-order valence-electron chi connectivity index (χ2n) is 13.4. The van der Waals surface area contributed by atoms with E-state index in [1.807, 2.05) is 13.8 Å². The van der Waals surface area contributed by atoms with E-state index in [0.717, 1.165) is 60.8 Å². The Bertz CT molecular complexity index is 3270. The fourth-order valence-corrected chi connectivity index (χ4v) is 8.46. The van der Waals surface area contributed by atoms with Crippen molar-refractivity contribution in [3.05, 3.63) is 157 Å². The number of hydrogen-bond acceptors (Lipinski definition) is 2. The van der Waals surface area contributed by atoms with Crippen LogP contribution in [0.5, 0.6) is 0 Å². The Morgan fingerprint density at radius 1 is 0.509 bits per heavy atom. The van der Waals surface area contributed by atoms with Gasteiger partial charge in [-0.2, -0.15) is 0 Å². The van der Waals surface area contributed by atoms with Crippen LogP contribution in [0.3, 0.4) is 0 Å². The molecule has 11 aromatic rings. The van der Waals surface area contributed by atoms with E-state index in [-0.39, 0.29) is 0 Å². The van der Waals surface area contributed by atoms with Crippen LogP contribution in [-0.2, 0) is 0 Å². The highest BCUT2D eigenvalue weighted by molar-refractivity contribution is 6.20. The first-order valence-corrected chi connectivity index (χ1v) is 18.5. The van der Waals surface area contributed by atoms with Gasteiger partial charge < -0.3 is 9.13 Å². The lowest BCUT2D eigenvalue weighted by atomic mass is 10.1. The number of imidazole rings is 1. The highest BCUT2D eigenvalue weighted by Crippen LogP contribution is 2.42. The lowest BCUT2D eigenvalue weighted by Crippen LogP contribution is -2.01. The Hall–Kier alpha value is -6.72. The van der Waals surface area contributed by atoms with Gasteiger partial charge in [0.1, 0.15) is 5.65 Å². The number of aromatic nitrogens is 5. The zero-order valence-corrected chi connectivity index (χ0v) is 30.2. The van der Waals surface area contributed by atoms with E-state index in [2.05, 4.69) is 179 Å². The van der Waals surface area contributed by atoms with Gasteiger partial charge in [-0.3, -0.25) is 4.40 Å². The van der Waals surface area contributed by atoms with Crippen LogP contribution in [0.2, 0.25) is 0 Å². The molecule has 53 heavy (non-hydrogen) atoms. The number of hydrogen-bond donors (Lipinski definition) is 0. The lowest BCUT2D eigenvalue weighted by molar-refractivity contribution is 1.09. The molecule has 0 N–H and O–H groups in total. The first-order valence-electron chi connectivity index (χ1n) is 18.5. The van der Waals surface area contributed by atoms with Crippen LogP contribution in [0.15, 0.2) is 146 Å². The van der Waals surface area contributed by atoms with E-state index in [9.17, 15) is 0 Å². The number of aryl methyl sites for hydroxylation is 1. The maximum Gasteiger partial charge on any atom is 0.147 e. The Morgan fingerprint density at radius 2 is 1.21 bits per heavy atom. The van der Waals surface area contributed by atoms with Gasteiger partial charge in [0.15, 0.2) is 0 Å². The number of nitrogens with zero attached hydrogens (tertiary/aromatic N) is 5. The topological polar surface area (TPSA) is 40.1 Å². The lowest BCUT2D eigenvalue weighted by Gasteiger charge is -2.15. The quantitative estimate of drug-likeness (QED) is 0.137. The second kappa shape index (κ2) is 11.9. The van der Waals surface area contributed by atoms with Crippen LogP contribution < -0.4 is 0 Å². The predicted octanol–water partition coefficient (Wildman–Crippen LogP) is 12.8. The summed E-state index contributed by atoms with van der Waals surface area (Å²) in [6, 6.07) is 50.0. The summed E-state index contributed by atoms with van der Waals surface area (Å²) in [5.41, 5.74) is 14.3. The minimum Gasteiger partial charge on any atom is -0.308 e. The number of fused-ring (bicyclic) bond motifs is 14. The average Bonchev–Trinajstić information content (AvgIpc) is 3.86. The van der Waals surface area contributed by atoms with Gasteiger partial charge in [0.25, 0.3) is 0 Å². The first kappa shape index (κ1) is 31.1. The molecule has 5 aromatic heterocycles. The van der Waals surface area contributed by atoms with Crippen LogP contribution in [0.4, 0.5) is 0 Å². The molecule has 0 fully saturated rings. The highest BCUT2D eigenvalue weighted by Gasteiger charge is 2.23. The van der Waals surface area contributed by atoms with Gasteiger partial charge >= 0.3 is 0 Å². The number of allylic oxidation sites excluding steroid dienone is 1. The minimum absolute atomic E-state index is 0.927. The van der Waals surface area contributed by atoms with Crippen LogP contribution in [-0.4, -0.2) is 23.5 Å². The van der Waals surface area contributed by atoms with E-state index in [4.69, 9.17) is 9.97 Å². The van der Waals surface area contributed by atoms with Gasteiger partial charge in [-0.05, 0) is 86.2 Å².